The lowest BCUT2D eigenvalue weighted by Crippen LogP contribution is -2.49. The van der Waals surface area contributed by atoms with Crippen molar-refractivity contribution >= 4 is 26.7 Å². The van der Waals surface area contributed by atoms with Gasteiger partial charge in [0.15, 0.2) is 11.0 Å². The van der Waals surface area contributed by atoms with Gasteiger partial charge in [-0.3, -0.25) is 4.90 Å². The Labute approximate surface area is 179 Å². The summed E-state index contributed by atoms with van der Waals surface area (Å²) in [6.07, 6.45) is 1.68. The van der Waals surface area contributed by atoms with E-state index in [1.165, 1.54) is 4.70 Å². The second kappa shape index (κ2) is 8.16. The fourth-order valence-corrected chi connectivity index (χ4v) is 5.17. The third-order valence-electron chi connectivity index (χ3n) is 5.60. The van der Waals surface area contributed by atoms with Gasteiger partial charge in [0.05, 0.1) is 22.5 Å². The third-order valence-corrected chi connectivity index (χ3v) is 6.70. The van der Waals surface area contributed by atoms with Crippen LogP contribution in [0.15, 0.2) is 47.1 Å². The quantitative estimate of drug-likeness (QED) is 0.470. The number of thiazole rings is 1. The lowest BCUT2D eigenvalue weighted by atomic mass is 10.0. The molecule has 3 aromatic heterocycles. The average molecular weight is 424 g/mol. The van der Waals surface area contributed by atoms with Gasteiger partial charge in [0.25, 0.3) is 0 Å². The largest absolute Gasteiger partial charge is 0.467 e. The molecule has 1 aromatic carbocycles. The van der Waals surface area contributed by atoms with Gasteiger partial charge in [-0.2, -0.15) is 0 Å². The van der Waals surface area contributed by atoms with Crippen molar-refractivity contribution in [2.45, 2.75) is 26.4 Å². The Morgan fingerprint density at radius 2 is 1.90 bits per heavy atom. The van der Waals surface area contributed by atoms with Gasteiger partial charge in [-0.15, -0.1) is 5.10 Å². The molecule has 0 bridgehead atoms. The van der Waals surface area contributed by atoms with Gasteiger partial charge in [-0.25, -0.2) is 9.67 Å². The van der Waals surface area contributed by atoms with E-state index in [2.05, 4.69) is 57.4 Å². The third kappa shape index (κ3) is 3.70. The normalized spacial score (nSPS) is 16.6. The van der Waals surface area contributed by atoms with E-state index in [0.717, 1.165) is 48.4 Å². The predicted octanol–water partition coefficient (Wildman–Crippen LogP) is 3.44. The minimum absolute atomic E-state index is 0.160. The first kappa shape index (κ1) is 19.2. The minimum atomic E-state index is 0.160. The summed E-state index contributed by atoms with van der Waals surface area (Å²) >= 11 is 1.77. The van der Waals surface area contributed by atoms with Crippen LogP contribution in [0.1, 0.15) is 31.5 Å². The standard InChI is InChI=1S/C21H25N7OS/c1-15(2)19(20-23-24-25-28(20)14-16-6-5-13-29-16)26-9-11-27(12-10-26)21-22-17-7-3-4-8-18(17)30-21/h3-8,13,15,19H,9-12,14H2,1-2H3/t19-/m1/s1. The van der Waals surface area contributed by atoms with E-state index in [1.807, 2.05) is 22.9 Å². The van der Waals surface area contributed by atoms with Gasteiger partial charge in [-0.1, -0.05) is 37.3 Å². The van der Waals surface area contributed by atoms with Crippen molar-refractivity contribution in [2.75, 3.05) is 31.1 Å². The summed E-state index contributed by atoms with van der Waals surface area (Å²) in [6, 6.07) is 12.3. The summed E-state index contributed by atoms with van der Waals surface area (Å²) in [4.78, 5) is 9.72. The molecule has 9 heteroatoms. The van der Waals surface area contributed by atoms with Crippen LogP contribution in [-0.2, 0) is 6.54 Å². The van der Waals surface area contributed by atoms with Gasteiger partial charge in [0, 0.05) is 26.2 Å². The monoisotopic (exact) mass is 423 g/mol. The number of anilines is 1. The van der Waals surface area contributed by atoms with E-state index >= 15 is 0 Å². The predicted molar refractivity (Wildman–Crippen MR) is 117 cm³/mol. The van der Waals surface area contributed by atoms with Crippen molar-refractivity contribution in [2.24, 2.45) is 5.92 Å². The van der Waals surface area contributed by atoms with Crippen LogP contribution in [0.2, 0.25) is 0 Å². The number of benzene rings is 1. The highest BCUT2D eigenvalue weighted by atomic mass is 32.1. The zero-order valence-corrected chi connectivity index (χ0v) is 18.0. The molecule has 30 heavy (non-hydrogen) atoms. The molecule has 1 aliphatic rings. The molecule has 0 unspecified atom stereocenters. The molecule has 1 atom stereocenters. The van der Waals surface area contributed by atoms with E-state index in [9.17, 15) is 0 Å². The molecule has 4 aromatic rings. The number of fused-ring (bicyclic) bond motifs is 1. The summed E-state index contributed by atoms with van der Waals surface area (Å²) in [7, 11) is 0. The van der Waals surface area contributed by atoms with Crippen molar-refractivity contribution < 1.29 is 4.42 Å². The van der Waals surface area contributed by atoms with Crippen LogP contribution in [-0.4, -0.2) is 56.3 Å². The molecule has 1 saturated heterocycles. The van der Waals surface area contributed by atoms with Crippen molar-refractivity contribution in [3.8, 4) is 0 Å². The summed E-state index contributed by atoms with van der Waals surface area (Å²) in [6.45, 7) is 8.81. The van der Waals surface area contributed by atoms with Gasteiger partial charge in [-0.05, 0) is 40.6 Å². The summed E-state index contributed by atoms with van der Waals surface area (Å²) < 4.78 is 8.60. The Bertz CT molecular complexity index is 1060. The summed E-state index contributed by atoms with van der Waals surface area (Å²) in [5, 5.41) is 13.7. The summed E-state index contributed by atoms with van der Waals surface area (Å²) in [5.41, 5.74) is 1.08. The molecule has 0 aliphatic carbocycles. The zero-order valence-electron chi connectivity index (χ0n) is 17.2. The minimum Gasteiger partial charge on any atom is -0.467 e. The van der Waals surface area contributed by atoms with Crippen LogP contribution in [0.5, 0.6) is 0 Å². The molecule has 5 rings (SSSR count). The maximum absolute atomic E-state index is 5.49. The highest BCUT2D eigenvalue weighted by molar-refractivity contribution is 7.22. The van der Waals surface area contributed by atoms with Crippen molar-refractivity contribution in [1.82, 2.24) is 30.1 Å². The van der Waals surface area contributed by atoms with E-state index in [0.29, 0.717) is 12.5 Å². The molecular formula is C21H25N7OS. The number of aromatic nitrogens is 5. The van der Waals surface area contributed by atoms with E-state index in [1.54, 1.807) is 17.6 Å². The topological polar surface area (TPSA) is 76.1 Å². The Balaban J connectivity index is 1.32. The van der Waals surface area contributed by atoms with Gasteiger partial charge in [0.2, 0.25) is 0 Å². The molecule has 0 radical (unpaired) electrons. The number of furan rings is 1. The molecule has 8 nitrogen and oxygen atoms in total. The molecule has 4 heterocycles. The highest BCUT2D eigenvalue weighted by Gasteiger charge is 2.32. The number of para-hydroxylation sites is 1. The van der Waals surface area contributed by atoms with Crippen LogP contribution in [0, 0.1) is 5.92 Å². The number of rotatable bonds is 6. The first-order valence-corrected chi connectivity index (χ1v) is 11.1. The molecule has 0 spiro atoms. The first-order chi connectivity index (χ1) is 14.7. The molecule has 1 fully saturated rings. The molecule has 0 saturated carbocycles. The Morgan fingerprint density at radius 3 is 2.63 bits per heavy atom. The SMILES string of the molecule is CC(C)[C@H](c1nnnn1Cc1ccco1)N1CCN(c2nc3ccccc3s2)CC1. The lowest BCUT2D eigenvalue weighted by molar-refractivity contribution is 0.135. The Kier molecular flexibility index (Phi) is 5.22. The number of nitrogens with zero attached hydrogens (tertiary/aromatic N) is 7. The molecule has 1 aliphatic heterocycles. The van der Waals surface area contributed by atoms with E-state index < -0.39 is 0 Å². The maximum Gasteiger partial charge on any atom is 0.186 e. The number of hydrogen-bond donors (Lipinski definition) is 0. The average Bonchev–Trinajstić information content (AvgIpc) is 3.50. The molecular weight excluding hydrogens is 398 g/mol. The highest BCUT2D eigenvalue weighted by Crippen LogP contribution is 2.32. The number of piperazine rings is 1. The lowest BCUT2D eigenvalue weighted by Gasteiger charge is -2.40. The van der Waals surface area contributed by atoms with Crippen molar-refractivity contribution in [3.63, 3.8) is 0 Å². The molecule has 0 amide bonds. The van der Waals surface area contributed by atoms with Crippen LogP contribution in [0.25, 0.3) is 10.2 Å². The smallest absolute Gasteiger partial charge is 0.186 e. The Hall–Kier alpha value is -2.78. The van der Waals surface area contributed by atoms with Crippen LogP contribution < -0.4 is 4.90 Å². The van der Waals surface area contributed by atoms with Crippen LogP contribution in [0.3, 0.4) is 0 Å². The van der Waals surface area contributed by atoms with Gasteiger partial charge < -0.3 is 9.32 Å². The van der Waals surface area contributed by atoms with Crippen molar-refractivity contribution in [1.29, 1.82) is 0 Å². The van der Waals surface area contributed by atoms with Crippen LogP contribution in [0.4, 0.5) is 5.13 Å². The molecule has 0 N–H and O–H groups in total. The van der Waals surface area contributed by atoms with Crippen molar-refractivity contribution in [3.05, 3.63) is 54.2 Å². The van der Waals surface area contributed by atoms with E-state index in [-0.39, 0.29) is 6.04 Å². The molecule has 156 valence electrons. The maximum atomic E-state index is 5.49. The number of hydrogen-bond acceptors (Lipinski definition) is 8. The summed E-state index contributed by atoms with van der Waals surface area (Å²) in [5.74, 6) is 2.14. The zero-order chi connectivity index (χ0) is 20.5. The second-order valence-corrected chi connectivity index (χ2v) is 8.96. The number of tetrazole rings is 1. The van der Waals surface area contributed by atoms with Gasteiger partial charge in [0.1, 0.15) is 12.3 Å². The first-order valence-electron chi connectivity index (χ1n) is 10.3. The second-order valence-electron chi connectivity index (χ2n) is 7.95. The van der Waals surface area contributed by atoms with Gasteiger partial charge >= 0.3 is 0 Å². The fraction of sp³-hybridized carbons (Fsp3) is 0.429. The Morgan fingerprint density at radius 1 is 1.07 bits per heavy atom. The van der Waals surface area contributed by atoms with Crippen LogP contribution >= 0.6 is 11.3 Å². The fourth-order valence-electron chi connectivity index (χ4n) is 4.16. The van der Waals surface area contributed by atoms with E-state index in [4.69, 9.17) is 9.40 Å².